The van der Waals surface area contributed by atoms with E-state index in [1.165, 1.54) is 6.07 Å². The van der Waals surface area contributed by atoms with Crippen LogP contribution < -0.4 is 15.2 Å². The number of rotatable bonds is 5. The third-order valence-corrected chi connectivity index (χ3v) is 6.20. The summed E-state index contributed by atoms with van der Waals surface area (Å²) in [5.74, 6) is -2.99. The van der Waals surface area contributed by atoms with E-state index in [-0.39, 0.29) is 28.0 Å². The molecule has 0 radical (unpaired) electrons. The highest BCUT2D eigenvalue weighted by Crippen LogP contribution is 2.34. The molecule has 174 valence electrons. The molecule has 4 rings (SSSR count). The molecule has 0 atom stereocenters. The molecule has 4 aromatic rings. The van der Waals surface area contributed by atoms with E-state index in [0.717, 1.165) is 24.3 Å². The number of para-hydroxylation sites is 2. The van der Waals surface area contributed by atoms with E-state index < -0.39 is 37.5 Å². The van der Waals surface area contributed by atoms with Gasteiger partial charge in [-0.3, -0.25) is 4.79 Å². The summed E-state index contributed by atoms with van der Waals surface area (Å²) >= 11 is 12.0. The van der Waals surface area contributed by atoms with Gasteiger partial charge < -0.3 is 10.1 Å². The Balaban J connectivity index is 1.79. The highest BCUT2D eigenvalue weighted by Gasteiger charge is 2.25. The average Bonchev–Trinajstić information content (AvgIpc) is 2.76. The number of nitrogens with one attached hydrogen (secondary N) is 1. The lowest BCUT2D eigenvalue weighted by Crippen LogP contribution is -2.19. The first-order valence-corrected chi connectivity index (χ1v) is 11.6. The number of hydrogen-bond acceptors (Lipinski definition) is 6. The van der Waals surface area contributed by atoms with Crippen molar-refractivity contribution in [3.05, 3.63) is 82.0 Å². The molecule has 1 amide bonds. The van der Waals surface area contributed by atoms with E-state index in [0.29, 0.717) is 11.0 Å². The summed E-state index contributed by atoms with van der Waals surface area (Å²) in [5.41, 5.74) is 0.124. The van der Waals surface area contributed by atoms with Crippen LogP contribution in [0.3, 0.4) is 0 Å². The van der Waals surface area contributed by atoms with Crippen LogP contribution in [0.1, 0.15) is 10.5 Å². The topological polar surface area (TPSA) is 124 Å². The van der Waals surface area contributed by atoms with Crippen LogP contribution in [0.2, 0.25) is 10.0 Å². The Labute approximate surface area is 201 Å². The van der Waals surface area contributed by atoms with E-state index >= 15 is 0 Å². The van der Waals surface area contributed by atoms with Crippen molar-refractivity contribution in [2.75, 3.05) is 5.32 Å². The molecule has 0 saturated heterocycles. The van der Waals surface area contributed by atoms with Crippen LogP contribution >= 0.6 is 23.2 Å². The fourth-order valence-corrected chi connectivity index (χ4v) is 4.36. The number of hydrogen-bond donors (Lipinski definition) is 2. The molecule has 1 heterocycles. The number of fused-ring (bicyclic) bond motifs is 1. The number of sulfonamides is 1. The van der Waals surface area contributed by atoms with E-state index in [1.54, 1.807) is 24.3 Å². The van der Waals surface area contributed by atoms with Crippen molar-refractivity contribution in [3.8, 4) is 11.6 Å². The number of benzene rings is 3. The molecular formula is C21H12Cl2F2N4O4S. The number of anilines is 1. The van der Waals surface area contributed by atoms with Crippen molar-refractivity contribution >= 4 is 55.9 Å². The maximum atomic E-state index is 14.0. The Bertz CT molecular complexity index is 1570. The summed E-state index contributed by atoms with van der Waals surface area (Å²) in [5, 5.41) is 6.65. The lowest BCUT2D eigenvalue weighted by molar-refractivity contribution is 0.101. The zero-order valence-electron chi connectivity index (χ0n) is 16.7. The van der Waals surface area contributed by atoms with Crippen LogP contribution in [0.5, 0.6) is 11.6 Å². The Hall–Kier alpha value is -3.38. The molecule has 0 spiro atoms. The number of carbonyl (C=O) groups excluding carboxylic acids is 1. The van der Waals surface area contributed by atoms with Crippen LogP contribution in [-0.4, -0.2) is 24.3 Å². The molecule has 0 fully saturated rings. The maximum Gasteiger partial charge on any atom is 0.279 e. The molecule has 3 aromatic carbocycles. The molecule has 34 heavy (non-hydrogen) atoms. The molecule has 8 nitrogen and oxygen atoms in total. The minimum Gasteiger partial charge on any atom is -0.435 e. The normalized spacial score (nSPS) is 11.4. The number of aromatic nitrogens is 2. The minimum absolute atomic E-state index is 0.00183. The van der Waals surface area contributed by atoms with Crippen LogP contribution in [-0.2, 0) is 10.0 Å². The van der Waals surface area contributed by atoms with Crippen LogP contribution in [0.4, 0.5) is 14.5 Å². The number of ether oxygens (including phenoxy) is 1. The number of carbonyl (C=O) groups is 1. The number of primary sulfonamides is 1. The summed E-state index contributed by atoms with van der Waals surface area (Å²) in [6.07, 6.45) is 0. The Morgan fingerprint density at radius 1 is 1.00 bits per heavy atom. The molecule has 0 aliphatic heterocycles. The maximum absolute atomic E-state index is 14.0. The van der Waals surface area contributed by atoms with Gasteiger partial charge in [0.15, 0.2) is 5.69 Å². The zero-order chi connectivity index (χ0) is 24.6. The third kappa shape index (κ3) is 4.77. The van der Waals surface area contributed by atoms with Gasteiger partial charge in [0.25, 0.3) is 11.8 Å². The van der Waals surface area contributed by atoms with Gasteiger partial charge in [0.2, 0.25) is 10.0 Å². The fraction of sp³-hybridized carbons (Fsp3) is 0. The number of nitrogens with two attached hydrogens (primary N) is 1. The quantitative estimate of drug-likeness (QED) is 0.382. The first-order valence-electron chi connectivity index (χ1n) is 9.26. The summed E-state index contributed by atoms with van der Waals surface area (Å²) in [6.45, 7) is 0. The van der Waals surface area contributed by atoms with Gasteiger partial charge in [-0.05, 0) is 42.5 Å². The lowest BCUT2D eigenvalue weighted by atomic mass is 10.2. The van der Waals surface area contributed by atoms with Crippen LogP contribution in [0, 0.1) is 11.6 Å². The van der Waals surface area contributed by atoms with Gasteiger partial charge in [-0.25, -0.2) is 32.3 Å². The third-order valence-electron chi connectivity index (χ3n) is 4.44. The van der Waals surface area contributed by atoms with Gasteiger partial charge in [-0.15, -0.1) is 0 Å². The molecule has 0 bridgehead atoms. The highest BCUT2D eigenvalue weighted by atomic mass is 35.5. The van der Waals surface area contributed by atoms with Crippen molar-refractivity contribution in [2.24, 2.45) is 5.14 Å². The molecule has 3 N–H and O–H groups in total. The van der Waals surface area contributed by atoms with Crippen molar-refractivity contribution < 1.29 is 26.7 Å². The Morgan fingerprint density at radius 3 is 2.32 bits per heavy atom. The smallest absolute Gasteiger partial charge is 0.279 e. The van der Waals surface area contributed by atoms with Crippen molar-refractivity contribution in [2.45, 2.75) is 4.90 Å². The standard InChI is InChI=1S/C21H12Cl2F2N4O4S/c22-11-9-10(24)5-8-16(11)33-21-18(27-13-3-1-2-4-14(13)29-21)20(30)28-15-7-6-12(25)19(17(15)23)34(26,31)32/h1-9H,(H,28,30)(H2,26,31,32). The first-order chi connectivity index (χ1) is 16.0. The SMILES string of the molecule is NS(=O)(=O)c1c(F)ccc(NC(=O)c2nc3ccccc3nc2Oc2ccc(F)cc2Cl)c1Cl. The van der Waals surface area contributed by atoms with Gasteiger partial charge in [-0.1, -0.05) is 35.3 Å². The summed E-state index contributed by atoms with van der Waals surface area (Å²) < 4.78 is 56.5. The van der Waals surface area contributed by atoms with Gasteiger partial charge in [-0.2, -0.15) is 0 Å². The van der Waals surface area contributed by atoms with Crippen molar-refractivity contribution in [3.63, 3.8) is 0 Å². The second-order valence-electron chi connectivity index (χ2n) is 6.78. The van der Waals surface area contributed by atoms with Gasteiger partial charge >= 0.3 is 0 Å². The first kappa shape index (κ1) is 23.8. The van der Waals surface area contributed by atoms with E-state index in [2.05, 4.69) is 15.3 Å². The van der Waals surface area contributed by atoms with Gasteiger partial charge in [0, 0.05) is 0 Å². The predicted octanol–water partition coefficient (Wildman–Crippen LogP) is 4.91. The molecule has 0 aliphatic rings. The van der Waals surface area contributed by atoms with E-state index in [4.69, 9.17) is 33.1 Å². The van der Waals surface area contributed by atoms with Crippen LogP contribution in [0.15, 0.2) is 59.5 Å². The largest absolute Gasteiger partial charge is 0.435 e. The molecule has 0 unspecified atom stereocenters. The molecule has 1 aromatic heterocycles. The predicted molar refractivity (Wildman–Crippen MR) is 122 cm³/mol. The highest BCUT2D eigenvalue weighted by molar-refractivity contribution is 7.89. The number of amides is 1. The van der Waals surface area contributed by atoms with Gasteiger partial charge in [0.1, 0.15) is 22.3 Å². The molecule has 0 saturated carbocycles. The van der Waals surface area contributed by atoms with Crippen molar-refractivity contribution in [1.82, 2.24) is 9.97 Å². The Morgan fingerprint density at radius 2 is 1.68 bits per heavy atom. The lowest BCUT2D eigenvalue weighted by Gasteiger charge is -2.13. The summed E-state index contributed by atoms with van der Waals surface area (Å²) in [6, 6.07) is 11.8. The summed E-state index contributed by atoms with van der Waals surface area (Å²) in [7, 11) is -4.53. The van der Waals surface area contributed by atoms with Gasteiger partial charge in [0.05, 0.1) is 26.8 Å². The fourth-order valence-electron chi connectivity index (χ4n) is 2.94. The average molecular weight is 525 g/mol. The molecular weight excluding hydrogens is 513 g/mol. The second kappa shape index (κ2) is 9.11. The molecule has 0 aliphatic carbocycles. The van der Waals surface area contributed by atoms with E-state index in [9.17, 15) is 22.0 Å². The zero-order valence-corrected chi connectivity index (χ0v) is 19.0. The minimum atomic E-state index is -4.53. The summed E-state index contributed by atoms with van der Waals surface area (Å²) in [4.78, 5) is 20.6. The monoisotopic (exact) mass is 524 g/mol. The van der Waals surface area contributed by atoms with E-state index in [1.807, 2.05) is 0 Å². The molecule has 13 heteroatoms. The Kier molecular flexibility index (Phi) is 6.36. The second-order valence-corrected chi connectivity index (χ2v) is 9.06. The number of halogens is 4. The number of nitrogens with zero attached hydrogens (tertiary/aromatic N) is 2. The van der Waals surface area contributed by atoms with Crippen LogP contribution in [0.25, 0.3) is 11.0 Å². The van der Waals surface area contributed by atoms with Crippen molar-refractivity contribution in [1.29, 1.82) is 0 Å².